The van der Waals surface area contributed by atoms with Crippen LogP contribution in [0.25, 0.3) is 0 Å². The van der Waals surface area contributed by atoms with Gasteiger partial charge in [-0.2, -0.15) is 0 Å². The highest BCUT2D eigenvalue weighted by Crippen LogP contribution is 2.12. The summed E-state index contributed by atoms with van der Waals surface area (Å²) in [5.74, 6) is -1.52. The van der Waals surface area contributed by atoms with Gasteiger partial charge in [0, 0.05) is 5.75 Å². The van der Waals surface area contributed by atoms with Crippen LogP contribution in [-0.2, 0) is 19.7 Å². The van der Waals surface area contributed by atoms with Gasteiger partial charge in [0.25, 0.3) is 0 Å². The molecule has 0 saturated carbocycles. The quantitative estimate of drug-likeness (QED) is 0.756. The predicted octanol–water partition coefficient (Wildman–Crippen LogP) is 1.03. The van der Waals surface area contributed by atoms with Crippen LogP contribution >= 0.6 is 0 Å². The molecule has 7 heteroatoms. The average Bonchev–Trinajstić information content (AvgIpc) is 2.27. The third kappa shape index (κ3) is 4.08. The van der Waals surface area contributed by atoms with Gasteiger partial charge in [0.2, 0.25) is 0 Å². The van der Waals surface area contributed by atoms with Crippen molar-refractivity contribution >= 4 is 19.7 Å². The number of hydrogen-bond acceptors (Lipinski definition) is 4. The van der Waals surface area contributed by atoms with E-state index in [1.165, 1.54) is 6.92 Å². The smallest absolute Gasteiger partial charge is 0.179 e. The number of hydrogen-bond donors (Lipinski definition) is 0. The van der Waals surface area contributed by atoms with E-state index in [1.54, 1.807) is 0 Å². The molecule has 0 atom stereocenters. The Morgan fingerprint density at radius 3 is 2.00 bits per heavy atom. The fourth-order valence-electron chi connectivity index (χ4n) is 1.14. The molecule has 0 aliphatic rings. The van der Waals surface area contributed by atoms with Crippen molar-refractivity contribution in [1.29, 1.82) is 0 Å². The van der Waals surface area contributed by atoms with Gasteiger partial charge in [-0.05, 0) is 24.3 Å². The molecule has 1 aromatic carbocycles. The van der Waals surface area contributed by atoms with Gasteiger partial charge < -0.3 is 0 Å². The lowest BCUT2D eigenvalue weighted by molar-refractivity contribution is 0.587. The van der Waals surface area contributed by atoms with Gasteiger partial charge in [-0.1, -0.05) is 6.92 Å². The van der Waals surface area contributed by atoms with E-state index in [9.17, 15) is 21.2 Å². The molecule has 0 saturated heterocycles. The van der Waals surface area contributed by atoms with Crippen molar-refractivity contribution in [2.24, 2.45) is 0 Å². The summed E-state index contributed by atoms with van der Waals surface area (Å²) in [6.07, 6.45) is 0. The highest BCUT2D eigenvalue weighted by atomic mass is 32.2. The van der Waals surface area contributed by atoms with Crippen LogP contribution in [0.3, 0.4) is 0 Å². The molecule has 0 amide bonds. The van der Waals surface area contributed by atoms with Gasteiger partial charge in [-0.25, -0.2) is 21.2 Å². The Labute approximate surface area is 100 Å². The number of halogens is 1. The SMILES string of the molecule is CCS(=O)(=O)CCS(=O)(=O)c1ccc(F)cc1. The van der Waals surface area contributed by atoms with Gasteiger partial charge >= 0.3 is 0 Å². The second-order valence-corrected chi connectivity index (χ2v) is 8.09. The molecule has 0 unspecified atom stereocenters. The zero-order chi connectivity index (χ0) is 13.1. The minimum absolute atomic E-state index is 0.0646. The van der Waals surface area contributed by atoms with E-state index >= 15 is 0 Å². The standard InChI is InChI=1S/C10H13FO4S2/c1-2-16(12,13)7-8-17(14,15)10-5-3-9(11)4-6-10/h3-6H,2,7-8H2,1H3. The van der Waals surface area contributed by atoms with E-state index in [-0.39, 0.29) is 10.6 Å². The molecule has 17 heavy (non-hydrogen) atoms. The Bertz CT molecular complexity index is 573. The van der Waals surface area contributed by atoms with Crippen LogP contribution in [0.1, 0.15) is 6.92 Å². The molecule has 0 heterocycles. The molecule has 0 aliphatic heterocycles. The Hall–Kier alpha value is -0.950. The normalized spacial score (nSPS) is 12.6. The number of sulfone groups is 2. The first kappa shape index (κ1) is 14.1. The lowest BCUT2D eigenvalue weighted by Gasteiger charge is -2.04. The van der Waals surface area contributed by atoms with E-state index in [0.29, 0.717) is 0 Å². The van der Waals surface area contributed by atoms with Gasteiger partial charge in [0.05, 0.1) is 16.4 Å². The summed E-state index contributed by atoms with van der Waals surface area (Å²) in [5, 5.41) is 0. The van der Waals surface area contributed by atoms with Crippen molar-refractivity contribution in [3.8, 4) is 0 Å². The lowest BCUT2D eigenvalue weighted by Crippen LogP contribution is -2.18. The Kier molecular flexibility index (Phi) is 4.26. The van der Waals surface area contributed by atoms with Crippen molar-refractivity contribution in [3.05, 3.63) is 30.1 Å². The van der Waals surface area contributed by atoms with Crippen LogP contribution in [-0.4, -0.2) is 34.1 Å². The predicted molar refractivity (Wildman–Crippen MR) is 62.8 cm³/mol. The van der Waals surface area contributed by atoms with Crippen LogP contribution in [0.5, 0.6) is 0 Å². The monoisotopic (exact) mass is 280 g/mol. The highest BCUT2D eigenvalue weighted by molar-refractivity contribution is 7.95. The second-order valence-electron chi connectivity index (χ2n) is 3.51. The molecular formula is C10H13FO4S2. The van der Waals surface area contributed by atoms with E-state index in [2.05, 4.69) is 0 Å². The van der Waals surface area contributed by atoms with Crippen LogP contribution in [0.2, 0.25) is 0 Å². The molecule has 1 rings (SSSR count). The number of benzene rings is 1. The summed E-state index contributed by atoms with van der Waals surface area (Å²) in [7, 11) is -6.99. The molecule has 0 aliphatic carbocycles. The molecule has 0 fully saturated rings. The van der Waals surface area contributed by atoms with Crippen molar-refractivity contribution in [1.82, 2.24) is 0 Å². The zero-order valence-corrected chi connectivity index (χ0v) is 10.9. The summed E-state index contributed by atoms with van der Waals surface area (Å²) in [4.78, 5) is -0.0646. The highest BCUT2D eigenvalue weighted by Gasteiger charge is 2.18. The third-order valence-corrected chi connectivity index (χ3v) is 5.97. The molecule has 0 N–H and O–H groups in total. The third-order valence-electron chi connectivity index (χ3n) is 2.28. The molecule has 0 aromatic heterocycles. The first-order valence-electron chi connectivity index (χ1n) is 4.95. The van der Waals surface area contributed by atoms with Crippen molar-refractivity contribution in [2.75, 3.05) is 17.3 Å². The van der Waals surface area contributed by atoms with Crippen LogP contribution in [0, 0.1) is 5.82 Å². The molecule has 1 aromatic rings. The average molecular weight is 280 g/mol. The first-order chi connectivity index (χ1) is 7.77. The van der Waals surface area contributed by atoms with Crippen LogP contribution in [0.4, 0.5) is 4.39 Å². The van der Waals surface area contributed by atoms with Crippen molar-refractivity contribution in [2.45, 2.75) is 11.8 Å². The van der Waals surface area contributed by atoms with E-state index in [0.717, 1.165) is 24.3 Å². The molecule has 96 valence electrons. The Balaban J connectivity index is 2.87. The van der Waals surface area contributed by atoms with Gasteiger partial charge in [0.15, 0.2) is 19.7 Å². The fourth-order valence-corrected chi connectivity index (χ4v) is 4.11. The minimum Gasteiger partial charge on any atom is -0.229 e. The van der Waals surface area contributed by atoms with Crippen molar-refractivity contribution < 1.29 is 21.2 Å². The van der Waals surface area contributed by atoms with Crippen LogP contribution in [0.15, 0.2) is 29.2 Å². The molecule has 4 nitrogen and oxygen atoms in total. The van der Waals surface area contributed by atoms with Crippen LogP contribution < -0.4 is 0 Å². The molecule has 0 bridgehead atoms. The topological polar surface area (TPSA) is 68.3 Å². The summed E-state index contributed by atoms with van der Waals surface area (Å²) < 4.78 is 58.5. The summed E-state index contributed by atoms with van der Waals surface area (Å²) in [6, 6.07) is 4.31. The Morgan fingerprint density at radius 1 is 1.00 bits per heavy atom. The zero-order valence-electron chi connectivity index (χ0n) is 9.26. The maximum atomic E-state index is 12.6. The summed E-state index contributed by atoms with van der Waals surface area (Å²) in [5.41, 5.74) is 0. The molecular weight excluding hydrogens is 267 g/mol. The van der Waals surface area contributed by atoms with Crippen molar-refractivity contribution in [3.63, 3.8) is 0 Å². The van der Waals surface area contributed by atoms with Gasteiger partial charge in [0.1, 0.15) is 5.82 Å². The maximum absolute atomic E-state index is 12.6. The molecule has 0 radical (unpaired) electrons. The fraction of sp³-hybridized carbons (Fsp3) is 0.400. The Morgan fingerprint density at radius 2 is 1.53 bits per heavy atom. The lowest BCUT2D eigenvalue weighted by atomic mass is 10.4. The first-order valence-corrected chi connectivity index (χ1v) is 8.43. The maximum Gasteiger partial charge on any atom is 0.179 e. The van der Waals surface area contributed by atoms with Gasteiger partial charge in [-0.15, -0.1) is 0 Å². The van der Waals surface area contributed by atoms with Gasteiger partial charge in [-0.3, -0.25) is 0 Å². The minimum atomic E-state index is -3.67. The van der Waals surface area contributed by atoms with E-state index in [1.807, 2.05) is 0 Å². The largest absolute Gasteiger partial charge is 0.229 e. The van der Waals surface area contributed by atoms with E-state index in [4.69, 9.17) is 0 Å². The summed E-state index contributed by atoms with van der Waals surface area (Å²) >= 11 is 0. The summed E-state index contributed by atoms with van der Waals surface area (Å²) in [6.45, 7) is 1.46. The second kappa shape index (κ2) is 5.14. The number of rotatable bonds is 5. The van der Waals surface area contributed by atoms with E-state index < -0.39 is 37.0 Å². The molecule has 0 spiro atoms.